The van der Waals surface area contributed by atoms with Crippen molar-refractivity contribution in [3.63, 3.8) is 0 Å². The van der Waals surface area contributed by atoms with Crippen LogP contribution >= 0.6 is 12.2 Å². The molecule has 0 spiro atoms. The van der Waals surface area contributed by atoms with Gasteiger partial charge in [0.1, 0.15) is 11.3 Å². The summed E-state index contributed by atoms with van der Waals surface area (Å²) in [5.41, 5.74) is 7.74. The van der Waals surface area contributed by atoms with Crippen molar-refractivity contribution in [1.29, 1.82) is 0 Å². The van der Waals surface area contributed by atoms with Crippen molar-refractivity contribution < 1.29 is 4.42 Å². The highest BCUT2D eigenvalue weighted by atomic mass is 32.1. The first-order valence-corrected chi connectivity index (χ1v) is 5.40. The standard InChI is InChI=1S/C10H9N5OS/c11-9-13-7-6(4-5-2-1-3-16-5)12-10(17)15-8(7)14-9/h1-3H,4H2,(H4,11,12,13,14,15,17). The van der Waals surface area contributed by atoms with Gasteiger partial charge in [0.15, 0.2) is 16.4 Å². The molecule has 3 aromatic rings. The second kappa shape index (κ2) is 3.70. The number of nitrogen functional groups attached to an aromatic ring is 1. The predicted molar refractivity (Wildman–Crippen MR) is 65.0 cm³/mol. The van der Waals surface area contributed by atoms with Crippen LogP contribution in [0.3, 0.4) is 0 Å². The second-order valence-corrected chi connectivity index (χ2v) is 3.98. The molecule has 6 nitrogen and oxygen atoms in total. The van der Waals surface area contributed by atoms with Gasteiger partial charge >= 0.3 is 0 Å². The molecular formula is C10H9N5OS. The lowest BCUT2D eigenvalue weighted by molar-refractivity contribution is 0.519. The molecule has 0 atom stereocenters. The molecule has 0 aliphatic rings. The Labute approximate surface area is 101 Å². The van der Waals surface area contributed by atoms with E-state index in [4.69, 9.17) is 22.4 Å². The number of H-pyrrole nitrogens is 2. The molecule has 3 rings (SSSR count). The van der Waals surface area contributed by atoms with Gasteiger partial charge in [-0.15, -0.1) is 0 Å². The molecule has 0 amide bonds. The number of nitrogens with two attached hydrogens (primary N) is 1. The minimum Gasteiger partial charge on any atom is -0.469 e. The maximum absolute atomic E-state index is 5.60. The van der Waals surface area contributed by atoms with E-state index in [9.17, 15) is 0 Å². The molecule has 3 aromatic heterocycles. The quantitative estimate of drug-likeness (QED) is 0.600. The van der Waals surface area contributed by atoms with E-state index in [1.807, 2.05) is 12.1 Å². The Morgan fingerprint density at radius 3 is 3.00 bits per heavy atom. The van der Waals surface area contributed by atoms with E-state index in [1.54, 1.807) is 6.26 Å². The lowest BCUT2D eigenvalue weighted by Crippen LogP contribution is -1.95. The molecular weight excluding hydrogens is 238 g/mol. The SMILES string of the molecule is Nc1nc2nc(=S)[nH]c(Cc3ccco3)c2[nH]1. The van der Waals surface area contributed by atoms with Crippen LogP contribution < -0.4 is 5.73 Å². The van der Waals surface area contributed by atoms with Crippen molar-refractivity contribution in [2.45, 2.75) is 6.42 Å². The Morgan fingerprint density at radius 1 is 1.35 bits per heavy atom. The van der Waals surface area contributed by atoms with E-state index in [0.29, 0.717) is 22.8 Å². The van der Waals surface area contributed by atoms with Gasteiger partial charge in [0, 0.05) is 6.42 Å². The van der Waals surface area contributed by atoms with Crippen molar-refractivity contribution in [2.24, 2.45) is 0 Å². The topological polar surface area (TPSA) is 96.5 Å². The van der Waals surface area contributed by atoms with Gasteiger partial charge < -0.3 is 20.1 Å². The van der Waals surface area contributed by atoms with Gasteiger partial charge in [-0.1, -0.05) is 0 Å². The van der Waals surface area contributed by atoms with E-state index in [2.05, 4.69) is 19.9 Å². The van der Waals surface area contributed by atoms with Crippen molar-refractivity contribution in [1.82, 2.24) is 19.9 Å². The fourth-order valence-corrected chi connectivity index (χ4v) is 1.92. The average Bonchev–Trinajstić information content (AvgIpc) is 2.86. The van der Waals surface area contributed by atoms with Crippen LogP contribution in [-0.4, -0.2) is 19.9 Å². The Morgan fingerprint density at radius 2 is 2.24 bits per heavy atom. The number of nitrogens with one attached hydrogen (secondary N) is 2. The third kappa shape index (κ3) is 1.80. The van der Waals surface area contributed by atoms with Gasteiger partial charge in [-0.25, -0.2) is 0 Å². The van der Waals surface area contributed by atoms with Gasteiger partial charge in [0.25, 0.3) is 0 Å². The van der Waals surface area contributed by atoms with E-state index in [-0.39, 0.29) is 0 Å². The summed E-state index contributed by atoms with van der Waals surface area (Å²) >= 11 is 5.04. The molecule has 0 bridgehead atoms. The van der Waals surface area contributed by atoms with Crippen LogP contribution in [0.4, 0.5) is 5.95 Å². The first-order chi connectivity index (χ1) is 8.22. The Kier molecular flexibility index (Phi) is 2.19. The fraction of sp³-hybridized carbons (Fsp3) is 0.100. The molecule has 0 saturated carbocycles. The second-order valence-electron chi connectivity index (χ2n) is 3.60. The van der Waals surface area contributed by atoms with Gasteiger partial charge in [-0.3, -0.25) is 0 Å². The van der Waals surface area contributed by atoms with Crippen molar-refractivity contribution in [2.75, 3.05) is 5.73 Å². The monoisotopic (exact) mass is 247 g/mol. The molecule has 0 unspecified atom stereocenters. The largest absolute Gasteiger partial charge is 0.469 e. The first-order valence-electron chi connectivity index (χ1n) is 4.99. The average molecular weight is 247 g/mol. The highest BCUT2D eigenvalue weighted by molar-refractivity contribution is 7.71. The van der Waals surface area contributed by atoms with E-state index >= 15 is 0 Å². The van der Waals surface area contributed by atoms with Gasteiger partial charge in [0.05, 0.1) is 12.0 Å². The zero-order valence-electron chi connectivity index (χ0n) is 8.73. The summed E-state index contributed by atoms with van der Waals surface area (Å²) < 4.78 is 5.67. The molecule has 0 aliphatic heterocycles. The summed E-state index contributed by atoms with van der Waals surface area (Å²) in [4.78, 5) is 14.1. The number of aromatic nitrogens is 4. The minimum atomic E-state index is 0.321. The van der Waals surface area contributed by atoms with Gasteiger partial charge in [0.2, 0.25) is 0 Å². The lowest BCUT2D eigenvalue weighted by atomic mass is 10.2. The Bertz CT molecular complexity index is 712. The molecule has 4 N–H and O–H groups in total. The molecule has 86 valence electrons. The van der Waals surface area contributed by atoms with E-state index in [0.717, 1.165) is 17.0 Å². The summed E-state index contributed by atoms with van der Waals surface area (Å²) in [6, 6.07) is 3.73. The smallest absolute Gasteiger partial charge is 0.200 e. The van der Waals surface area contributed by atoms with Crippen LogP contribution in [0.15, 0.2) is 22.8 Å². The summed E-state index contributed by atoms with van der Waals surface area (Å²) in [6.45, 7) is 0. The lowest BCUT2D eigenvalue weighted by Gasteiger charge is -2.00. The number of fused-ring (bicyclic) bond motifs is 1. The zero-order chi connectivity index (χ0) is 11.8. The van der Waals surface area contributed by atoms with Gasteiger partial charge in [-0.05, 0) is 24.4 Å². The number of rotatable bonds is 2. The fourth-order valence-electron chi connectivity index (χ4n) is 1.71. The van der Waals surface area contributed by atoms with E-state index in [1.165, 1.54) is 0 Å². The maximum Gasteiger partial charge on any atom is 0.200 e. The first kappa shape index (κ1) is 10.0. The van der Waals surface area contributed by atoms with E-state index < -0.39 is 0 Å². The van der Waals surface area contributed by atoms with Crippen LogP contribution in [0.5, 0.6) is 0 Å². The predicted octanol–water partition coefficient (Wildman–Crippen LogP) is 1.78. The number of anilines is 1. The van der Waals surface area contributed by atoms with Gasteiger partial charge in [-0.2, -0.15) is 9.97 Å². The molecule has 7 heteroatoms. The highest BCUT2D eigenvalue weighted by Crippen LogP contribution is 2.17. The third-order valence-electron chi connectivity index (χ3n) is 2.40. The number of aromatic amines is 2. The number of hydrogen-bond acceptors (Lipinski definition) is 5. The normalized spacial score (nSPS) is 11.1. The minimum absolute atomic E-state index is 0.321. The number of furan rings is 1. The van der Waals surface area contributed by atoms with Crippen molar-refractivity contribution in [3.8, 4) is 0 Å². The zero-order valence-corrected chi connectivity index (χ0v) is 9.54. The summed E-state index contributed by atoms with van der Waals surface area (Å²) in [5, 5.41) is 0. The molecule has 0 saturated heterocycles. The van der Waals surface area contributed by atoms with Crippen molar-refractivity contribution in [3.05, 3.63) is 34.6 Å². The maximum atomic E-state index is 5.60. The van der Waals surface area contributed by atoms with Crippen LogP contribution in [-0.2, 0) is 6.42 Å². The van der Waals surface area contributed by atoms with Crippen LogP contribution in [0.25, 0.3) is 11.2 Å². The third-order valence-corrected chi connectivity index (χ3v) is 2.59. The molecule has 17 heavy (non-hydrogen) atoms. The molecule has 0 radical (unpaired) electrons. The summed E-state index contributed by atoms with van der Waals surface area (Å²) in [7, 11) is 0. The number of nitrogens with zero attached hydrogens (tertiary/aromatic N) is 2. The molecule has 0 aromatic carbocycles. The van der Waals surface area contributed by atoms with Crippen LogP contribution in [0, 0.1) is 4.77 Å². The molecule has 0 fully saturated rings. The molecule has 3 heterocycles. The van der Waals surface area contributed by atoms with Crippen molar-refractivity contribution >= 4 is 29.3 Å². The Hall–Kier alpha value is -2.15. The van der Waals surface area contributed by atoms with Crippen LogP contribution in [0.2, 0.25) is 0 Å². The summed E-state index contributed by atoms with van der Waals surface area (Å²) in [5.74, 6) is 1.15. The van der Waals surface area contributed by atoms with Crippen LogP contribution in [0.1, 0.15) is 11.5 Å². The number of imidazole rings is 1. The molecule has 0 aliphatic carbocycles. The highest BCUT2D eigenvalue weighted by Gasteiger charge is 2.09. The number of hydrogen-bond donors (Lipinski definition) is 3. The Balaban J connectivity index is 2.17. The summed E-state index contributed by atoms with van der Waals surface area (Å²) in [6.07, 6.45) is 2.21.